The molecule has 5 nitrogen and oxygen atoms in total. The zero-order valence-corrected chi connectivity index (χ0v) is 18.1. The minimum Gasteiger partial charge on any atom is -0.353 e. The summed E-state index contributed by atoms with van der Waals surface area (Å²) < 4.78 is 0. The molecule has 0 spiro atoms. The maximum absolute atomic E-state index is 4.75. The first-order valence-electron chi connectivity index (χ1n) is 9.62. The molecule has 2 heterocycles. The Bertz CT molecular complexity index is 729. The van der Waals surface area contributed by atoms with Gasteiger partial charge in [-0.2, -0.15) is 0 Å². The van der Waals surface area contributed by atoms with Crippen LogP contribution in [0.3, 0.4) is 0 Å². The van der Waals surface area contributed by atoms with Crippen LogP contribution in [0.15, 0.2) is 59.7 Å². The topological polar surface area (TPSA) is 43.8 Å². The van der Waals surface area contributed by atoms with Crippen LogP contribution in [0, 0.1) is 0 Å². The van der Waals surface area contributed by atoms with Crippen LogP contribution >= 0.6 is 24.0 Å². The highest BCUT2D eigenvalue weighted by Gasteiger charge is 2.39. The van der Waals surface area contributed by atoms with Crippen molar-refractivity contribution in [3.63, 3.8) is 0 Å². The van der Waals surface area contributed by atoms with E-state index in [4.69, 9.17) is 4.99 Å². The molecule has 1 aliphatic carbocycles. The highest BCUT2D eigenvalue weighted by atomic mass is 127. The van der Waals surface area contributed by atoms with E-state index in [1.54, 1.807) is 0 Å². The Labute approximate surface area is 178 Å². The number of hydrogen-bond donors (Lipinski definition) is 1. The number of guanidine groups is 1. The Balaban J connectivity index is 0.00000210. The van der Waals surface area contributed by atoms with Gasteiger partial charge >= 0.3 is 0 Å². The van der Waals surface area contributed by atoms with Crippen LogP contribution in [0.1, 0.15) is 24.8 Å². The van der Waals surface area contributed by atoms with Gasteiger partial charge in [-0.05, 0) is 31.0 Å². The first-order valence-corrected chi connectivity index (χ1v) is 9.62. The summed E-state index contributed by atoms with van der Waals surface area (Å²) in [4.78, 5) is 14.0. The van der Waals surface area contributed by atoms with E-state index >= 15 is 0 Å². The molecule has 27 heavy (non-hydrogen) atoms. The van der Waals surface area contributed by atoms with Gasteiger partial charge in [0.1, 0.15) is 5.82 Å². The zero-order chi connectivity index (χ0) is 17.8. The summed E-state index contributed by atoms with van der Waals surface area (Å²) in [5, 5.41) is 3.71. The summed E-state index contributed by atoms with van der Waals surface area (Å²) in [5.74, 6) is 2.75. The number of rotatable bonds is 4. The molecule has 2 unspecified atom stereocenters. The Hall–Kier alpha value is -1.83. The van der Waals surface area contributed by atoms with Crippen LogP contribution in [0.25, 0.3) is 0 Å². The summed E-state index contributed by atoms with van der Waals surface area (Å²) in [7, 11) is 0. The second kappa shape index (κ2) is 9.39. The first kappa shape index (κ1) is 19.9. The molecule has 0 amide bonds. The van der Waals surface area contributed by atoms with Gasteiger partial charge in [0.2, 0.25) is 0 Å². The highest BCUT2D eigenvalue weighted by Crippen LogP contribution is 2.40. The van der Waals surface area contributed by atoms with Gasteiger partial charge < -0.3 is 15.1 Å². The Morgan fingerprint density at radius 2 is 1.81 bits per heavy atom. The minimum absolute atomic E-state index is 0. The number of nitrogens with zero attached hydrogens (tertiary/aromatic N) is 4. The van der Waals surface area contributed by atoms with Crippen molar-refractivity contribution >= 4 is 35.8 Å². The third-order valence-electron chi connectivity index (χ3n) is 5.19. The number of benzene rings is 1. The number of aromatic nitrogens is 1. The number of nitrogens with one attached hydrogen (secondary N) is 1. The molecule has 1 aromatic heterocycles. The van der Waals surface area contributed by atoms with Gasteiger partial charge in [0, 0.05) is 50.9 Å². The van der Waals surface area contributed by atoms with Gasteiger partial charge in [0.15, 0.2) is 5.96 Å². The molecule has 1 N–H and O–H groups in total. The van der Waals surface area contributed by atoms with Gasteiger partial charge in [-0.1, -0.05) is 36.4 Å². The molecule has 4 rings (SSSR count). The maximum atomic E-state index is 4.75. The molecule has 1 aliphatic heterocycles. The van der Waals surface area contributed by atoms with Crippen LogP contribution in [0.5, 0.6) is 0 Å². The molecule has 2 aliphatic rings. The van der Waals surface area contributed by atoms with Crippen molar-refractivity contribution in [3.8, 4) is 0 Å². The first-order chi connectivity index (χ1) is 12.8. The molecular formula is C21H28IN5. The number of piperazine rings is 1. The molecule has 1 saturated carbocycles. The fraction of sp³-hybridized carbons (Fsp3) is 0.429. The third-order valence-corrected chi connectivity index (χ3v) is 5.19. The largest absolute Gasteiger partial charge is 0.353 e. The molecule has 2 fully saturated rings. The Kier molecular flexibility index (Phi) is 6.93. The van der Waals surface area contributed by atoms with Crippen molar-refractivity contribution in [2.45, 2.75) is 25.3 Å². The number of anilines is 1. The predicted octanol–water partition coefficient (Wildman–Crippen LogP) is 3.34. The van der Waals surface area contributed by atoms with Gasteiger partial charge in [-0.25, -0.2) is 4.98 Å². The van der Waals surface area contributed by atoms with Crippen LogP contribution in [-0.4, -0.2) is 54.6 Å². The van der Waals surface area contributed by atoms with E-state index in [1.165, 1.54) is 12.0 Å². The predicted molar refractivity (Wildman–Crippen MR) is 122 cm³/mol. The fourth-order valence-electron chi connectivity index (χ4n) is 3.66. The molecule has 6 heteroatoms. The number of hydrogen-bond acceptors (Lipinski definition) is 3. The van der Waals surface area contributed by atoms with E-state index in [-0.39, 0.29) is 24.0 Å². The average Bonchev–Trinajstić information content (AvgIpc) is 3.48. The maximum Gasteiger partial charge on any atom is 0.194 e. The van der Waals surface area contributed by atoms with E-state index < -0.39 is 0 Å². The molecule has 1 saturated heterocycles. The normalized spacial score (nSPS) is 22.2. The van der Waals surface area contributed by atoms with Crippen LogP contribution in [0.4, 0.5) is 5.82 Å². The van der Waals surface area contributed by atoms with Crippen molar-refractivity contribution in [1.29, 1.82) is 0 Å². The van der Waals surface area contributed by atoms with Crippen LogP contribution in [-0.2, 0) is 0 Å². The highest BCUT2D eigenvalue weighted by molar-refractivity contribution is 14.0. The van der Waals surface area contributed by atoms with Crippen LogP contribution in [0.2, 0.25) is 0 Å². The van der Waals surface area contributed by atoms with E-state index in [2.05, 4.69) is 69.5 Å². The molecule has 2 atom stereocenters. The quantitative estimate of drug-likeness (QED) is 0.417. The van der Waals surface area contributed by atoms with Crippen molar-refractivity contribution in [2.24, 2.45) is 4.99 Å². The number of halogens is 1. The lowest BCUT2D eigenvalue weighted by molar-refractivity contribution is 0.370. The summed E-state index contributed by atoms with van der Waals surface area (Å²) >= 11 is 0. The van der Waals surface area contributed by atoms with E-state index in [9.17, 15) is 0 Å². The van der Waals surface area contributed by atoms with E-state index in [1.807, 2.05) is 12.3 Å². The summed E-state index contributed by atoms with van der Waals surface area (Å²) in [6, 6.07) is 17.4. The second-order valence-corrected chi connectivity index (χ2v) is 6.96. The lowest BCUT2D eigenvalue weighted by atomic mass is 10.1. The molecule has 0 radical (unpaired) electrons. The molecular weight excluding hydrogens is 449 g/mol. The average molecular weight is 477 g/mol. The summed E-state index contributed by atoms with van der Waals surface area (Å²) in [6.45, 7) is 6.83. The van der Waals surface area contributed by atoms with Crippen molar-refractivity contribution in [3.05, 3.63) is 60.3 Å². The second-order valence-electron chi connectivity index (χ2n) is 6.96. The van der Waals surface area contributed by atoms with Crippen molar-refractivity contribution in [1.82, 2.24) is 15.2 Å². The smallest absolute Gasteiger partial charge is 0.194 e. The molecule has 144 valence electrons. The molecule has 1 aromatic carbocycles. The molecule has 2 aromatic rings. The van der Waals surface area contributed by atoms with Crippen molar-refractivity contribution < 1.29 is 0 Å². The third kappa shape index (κ3) is 4.91. The van der Waals surface area contributed by atoms with Gasteiger partial charge in [-0.15, -0.1) is 24.0 Å². The van der Waals surface area contributed by atoms with Gasteiger partial charge in [-0.3, -0.25) is 4.99 Å². The fourth-order valence-corrected chi connectivity index (χ4v) is 3.66. The Morgan fingerprint density at radius 1 is 1.07 bits per heavy atom. The standard InChI is InChI=1S/C21H27N5.HI/c1-2-22-21(24-19-16-18(19)17-8-4-3-5-9-17)26-14-12-25(13-15-26)20-10-6-7-11-23-20;/h3-11,18-19H,2,12-16H2,1H3,(H,22,24);1H. The zero-order valence-electron chi connectivity index (χ0n) is 15.8. The number of aliphatic imine (C=N–C) groups is 1. The SMILES string of the molecule is CCN=C(NC1CC1c1ccccc1)N1CCN(c2ccccn2)CC1.I. The van der Waals surface area contributed by atoms with Crippen LogP contribution < -0.4 is 10.2 Å². The molecule has 0 bridgehead atoms. The minimum atomic E-state index is 0. The van der Waals surface area contributed by atoms with E-state index in [0.717, 1.165) is 44.5 Å². The summed E-state index contributed by atoms with van der Waals surface area (Å²) in [5.41, 5.74) is 1.43. The lowest BCUT2D eigenvalue weighted by Crippen LogP contribution is -2.53. The lowest BCUT2D eigenvalue weighted by Gasteiger charge is -2.37. The van der Waals surface area contributed by atoms with Gasteiger partial charge in [0.05, 0.1) is 0 Å². The monoisotopic (exact) mass is 477 g/mol. The number of pyridine rings is 1. The van der Waals surface area contributed by atoms with Crippen molar-refractivity contribution in [2.75, 3.05) is 37.6 Å². The van der Waals surface area contributed by atoms with Gasteiger partial charge in [0.25, 0.3) is 0 Å². The van der Waals surface area contributed by atoms with E-state index in [0.29, 0.717) is 12.0 Å². The Morgan fingerprint density at radius 3 is 2.48 bits per heavy atom. The summed E-state index contributed by atoms with van der Waals surface area (Å²) in [6.07, 6.45) is 3.06.